The molecule has 0 atom stereocenters. The van der Waals surface area contributed by atoms with Crippen LogP contribution in [0.15, 0.2) is 30.3 Å². The molecule has 102 valence electrons. The molecular weight excluding hydrogens is 254 g/mol. The van der Waals surface area contributed by atoms with Crippen molar-refractivity contribution in [1.29, 1.82) is 0 Å². The minimum absolute atomic E-state index is 0.0354. The Labute approximate surface area is 116 Å². The van der Waals surface area contributed by atoms with Gasteiger partial charge >= 0.3 is 0 Å². The van der Waals surface area contributed by atoms with Gasteiger partial charge in [0, 0.05) is 24.3 Å². The predicted octanol–water partition coefficient (Wildman–Crippen LogP) is 1.95. The summed E-state index contributed by atoms with van der Waals surface area (Å²) in [5.74, 6) is -0.117. The number of anilines is 1. The van der Waals surface area contributed by atoms with Crippen LogP contribution in [0.3, 0.4) is 0 Å². The van der Waals surface area contributed by atoms with Gasteiger partial charge in [0.05, 0.1) is 0 Å². The second-order valence-corrected chi connectivity index (χ2v) is 4.86. The average Bonchev–Trinajstić information content (AvgIpc) is 2.90. The quantitative estimate of drug-likeness (QED) is 0.779. The Kier molecular flexibility index (Phi) is 3.12. The fourth-order valence-electron chi connectivity index (χ4n) is 2.26. The Morgan fingerprint density at radius 3 is 2.90 bits per heavy atom. The largest absolute Gasteiger partial charge is 0.504 e. The number of pyridine rings is 1. The summed E-state index contributed by atoms with van der Waals surface area (Å²) in [5.41, 5.74) is 3.66. The minimum Gasteiger partial charge on any atom is -0.504 e. The fraction of sp³-hybridized carbons (Fsp3) is 0.200. The van der Waals surface area contributed by atoms with Gasteiger partial charge in [0.1, 0.15) is 0 Å². The van der Waals surface area contributed by atoms with Gasteiger partial charge in [-0.25, -0.2) is 4.98 Å². The van der Waals surface area contributed by atoms with Gasteiger partial charge in [0.2, 0.25) is 0 Å². The topological polar surface area (TPSA) is 74.2 Å². The highest BCUT2D eigenvalue weighted by Crippen LogP contribution is 2.22. The summed E-state index contributed by atoms with van der Waals surface area (Å²) in [6.07, 6.45) is 0. The monoisotopic (exact) mass is 269 g/mol. The third-order valence-corrected chi connectivity index (χ3v) is 3.34. The summed E-state index contributed by atoms with van der Waals surface area (Å²) in [4.78, 5) is 16.3. The number of aromatic hydroxyl groups is 1. The summed E-state index contributed by atoms with van der Waals surface area (Å²) < 4.78 is 0. The van der Waals surface area contributed by atoms with Gasteiger partial charge in [-0.3, -0.25) is 4.79 Å². The summed E-state index contributed by atoms with van der Waals surface area (Å²) in [7, 11) is 0. The van der Waals surface area contributed by atoms with Gasteiger partial charge in [-0.15, -0.1) is 0 Å². The van der Waals surface area contributed by atoms with Gasteiger partial charge in [-0.1, -0.05) is 6.07 Å². The molecule has 0 radical (unpaired) electrons. The van der Waals surface area contributed by atoms with Crippen LogP contribution in [0.5, 0.6) is 5.75 Å². The number of hydrogen-bond acceptors (Lipinski definition) is 4. The van der Waals surface area contributed by atoms with Crippen LogP contribution < -0.4 is 10.6 Å². The van der Waals surface area contributed by atoms with Crippen molar-refractivity contribution in [2.24, 2.45) is 0 Å². The van der Waals surface area contributed by atoms with Crippen molar-refractivity contribution in [1.82, 2.24) is 10.3 Å². The predicted molar refractivity (Wildman–Crippen MR) is 75.6 cm³/mol. The van der Waals surface area contributed by atoms with E-state index < -0.39 is 0 Å². The summed E-state index contributed by atoms with van der Waals surface area (Å²) in [6.45, 7) is 3.43. The molecule has 1 aliphatic heterocycles. The molecule has 5 heteroatoms. The summed E-state index contributed by atoms with van der Waals surface area (Å²) in [6, 6.07) is 8.82. The van der Waals surface area contributed by atoms with E-state index in [1.807, 2.05) is 12.1 Å². The number of nitrogens with one attached hydrogen (secondary N) is 2. The van der Waals surface area contributed by atoms with E-state index in [9.17, 15) is 9.90 Å². The maximum Gasteiger partial charge on any atom is 0.256 e. The SMILES string of the molecule is Cc1ccc(O)c(NC(=O)c2ccc3c(c2)CNC3)n1. The lowest BCUT2D eigenvalue weighted by Crippen LogP contribution is -2.13. The van der Waals surface area contributed by atoms with Crippen LogP contribution in [0.1, 0.15) is 27.2 Å². The standard InChI is InChI=1S/C15H15N3O2/c1-9-2-5-13(19)14(17-9)18-15(20)10-3-4-11-7-16-8-12(11)6-10/h2-6,16,19H,7-8H2,1H3,(H,17,18,20). The molecule has 0 unspecified atom stereocenters. The molecule has 3 N–H and O–H groups in total. The molecule has 1 amide bonds. The maximum absolute atomic E-state index is 12.2. The van der Waals surface area contributed by atoms with Crippen molar-refractivity contribution in [3.05, 3.63) is 52.7 Å². The lowest BCUT2D eigenvalue weighted by molar-refractivity contribution is 0.102. The van der Waals surface area contributed by atoms with E-state index in [1.165, 1.54) is 11.6 Å². The molecular formula is C15H15N3O2. The molecule has 1 aromatic carbocycles. The maximum atomic E-state index is 12.2. The van der Waals surface area contributed by atoms with Crippen LogP contribution in [0.4, 0.5) is 5.82 Å². The van der Waals surface area contributed by atoms with Crippen molar-refractivity contribution < 1.29 is 9.90 Å². The van der Waals surface area contributed by atoms with Crippen LogP contribution in [0, 0.1) is 6.92 Å². The lowest BCUT2D eigenvalue weighted by atomic mass is 10.1. The van der Waals surface area contributed by atoms with Gasteiger partial charge in [0.25, 0.3) is 5.91 Å². The number of rotatable bonds is 2. The van der Waals surface area contributed by atoms with Crippen LogP contribution in [-0.4, -0.2) is 16.0 Å². The molecule has 2 aromatic rings. The number of carbonyl (C=O) groups is 1. The molecule has 2 heterocycles. The Balaban J connectivity index is 1.84. The van der Waals surface area contributed by atoms with Gasteiger partial charge < -0.3 is 15.7 Å². The van der Waals surface area contributed by atoms with E-state index in [0.717, 1.165) is 24.3 Å². The minimum atomic E-state index is -0.270. The number of carbonyl (C=O) groups excluding carboxylic acids is 1. The average molecular weight is 269 g/mol. The lowest BCUT2D eigenvalue weighted by Gasteiger charge is -2.08. The number of aromatic nitrogens is 1. The smallest absolute Gasteiger partial charge is 0.256 e. The Hall–Kier alpha value is -2.40. The molecule has 3 rings (SSSR count). The zero-order valence-corrected chi connectivity index (χ0v) is 11.1. The van der Waals surface area contributed by atoms with Crippen LogP contribution in [-0.2, 0) is 13.1 Å². The first-order valence-corrected chi connectivity index (χ1v) is 6.44. The molecule has 0 fully saturated rings. The highest BCUT2D eigenvalue weighted by Gasteiger charge is 2.15. The first kappa shape index (κ1) is 12.6. The number of nitrogens with zero attached hydrogens (tertiary/aromatic N) is 1. The van der Waals surface area contributed by atoms with E-state index >= 15 is 0 Å². The highest BCUT2D eigenvalue weighted by atomic mass is 16.3. The molecule has 5 nitrogen and oxygen atoms in total. The van der Waals surface area contributed by atoms with Crippen molar-refractivity contribution in [2.75, 3.05) is 5.32 Å². The van der Waals surface area contributed by atoms with Crippen molar-refractivity contribution >= 4 is 11.7 Å². The number of hydrogen-bond donors (Lipinski definition) is 3. The molecule has 0 saturated carbocycles. The number of benzene rings is 1. The van der Waals surface area contributed by atoms with Crippen molar-refractivity contribution in [3.63, 3.8) is 0 Å². The Morgan fingerprint density at radius 1 is 1.25 bits per heavy atom. The molecule has 0 bridgehead atoms. The van der Waals surface area contributed by atoms with E-state index in [2.05, 4.69) is 15.6 Å². The van der Waals surface area contributed by atoms with Crippen LogP contribution >= 0.6 is 0 Å². The van der Waals surface area contributed by atoms with E-state index in [-0.39, 0.29) is 17.5 Å². The molecule has 20 heavy (non-hydrogen) atoms. The number of aryl methyl sites for hydroxylation is 1. The number of amides is 1. The highest BCUT2D eigenvalue weighted by molar-refractivity contribution is 6.04. The van der Waals surface area contributed by atoms with Crippen LogP contribution in [0.2, 0.25) is 0 Å². The zero-order valence-electron chi connectivity index (χ0n) is 11.1. The Bertz CT molecular complexity index is 683. The molecule has 0 aliphatic carbocycles. The summed E-state index contributed by atoms with van der Waals surface area (Å²) in [5, 5.41) is 15.6. The van der Waals surface area contributed by atoms with Crippen LogP contribution in [0.25, 0.3) is 0 Å². The summed E-state index contributed by atoms with van der Waals surface area (Å²) >= 11 is 0. The zero-order chi connectivity index (χ0) is 14.1. The van der Waals surface area contributed by atoms with E-state index in [4.69, 9.17) is 0 Å². The van der Waals surface area contributed by atoms with Crippen molar-refractivity contribution in [3.8, 4) is 5.75 Å². The van der Waals surface area contributed by atoms with Gasteiger partial charge in [0.15, 0.2) is 11.6 Å². The van der Waals surface area contributed by atoms with E-state index in [0.29, 0.717) is 5.56 Å². The first-order valence-electron chi connectivity index (χ1n) is 6.44. The normalized spacial score (nSPS) is 13.1. The first-order chi connectivity index (χ1) is 9.63. The van der Waals surface area contributed by atoms with E-state index in [1.54, 1.807) is 19.1 Å². The van der Waals surface area contributed by atoms with Crippen molar-refractivity contribution in [2.45, 2.75) is 20.0 Å². The molecule has 0 spiro atoms. The third-order valence-electron chi connectivity index (χ3n) is 3.34. The molecule has 1 aliphatic rings. The fourth-order valence-corrected chi connectivity index (χ4v) is 2.26. The number of fused-ring (bicyclic) bond motifs is 1. The van der Waals surface area contributed by atoms with Gasteiger partial charge in [-0.05, 0) is 42.3 Å². The second-order valence-electron chi connectivity index (χ2n) is 4.86. The second kappa shape index (κ2) is 4.94. The third kappa shape index (κ3) is 2.35. The van der Waals surface area contributed by atoms with Gasteiger partial charge in [-0.2, -0.15) is 0 Å². The molecule has 1 aromatic heterocycles. The Morgan fingerprint density at radius 2 is 2.05 bits per heavy atom. The molecule has 0 saturated heterocycles.